The lowest BCUT2D eigenvalue weighted by Gasteiger charge is -2.10. The van der Waals surface area contributed by atoms with Crippen LogP contribution in [0.5, 0.6) is 0 Å². The number of hydrogen-bond donors (Lipinski definition) is 1. The molecule has 0 aliphatic carbocycles. The molecule has 4 aromatic rings. The number of hydrogen-bond acceptors (Lipinski definition) is 3. The SMILES string of the molecule is Cc1cccc(NC(=O)Cn2c(-c3cccnc3)nc3ccccc32)c1. The van der Waals surface area contributed by atoms with Gasteiger partial charge in [-0.25, -0.2) is 4.98 Å². The molecule has 5 heteroatoms. The second-order valence-corrected chi connectivity index (χ2v) is 6.17. The Morgan fingerprint density at radius 2 is 1.96 bits per heavy atom. The molecule has 0 bridgehead atoms. The molecule has 0 spiro atoms. The van der Waals surface area contributed by atoms with Crippen LogP contribution in [0.2, 0.25) is 0 Å². The number of imidazole rings is 1. The fourth-order valence-electron chi connectivity index (χ4n) is 3.02. The zero-order valence-electron chi connectivity index (χ0n) is 14.4. The lowest BCUT2D eigenvalue weighted by Crippen LogP contribution is -2.19. The Labute approximate surface area is 151 Å². The lowest BCUT2D eigenvalue weighted by molar-refractivity contribution is -0.116. The minimum absolute atomic E-state index is 0.0936. The second-order valence-electron chi connectivity index (χ2n) is 6.17. The summed E-state index contributed by atoms with van der Waals surface area (Å²) in [5.41, 5.74) is 4.56. The van der Waals surface area contributed by atoms with E-state index in [0.717, 1.165) is 33.7 Å². The quantitative estimate of drug-likeness (QED) is 0.609. The first-order valence-electron chi connectivity index (χ1n) is 8.43. The highest BCUT2D eigenvalue weighted by Crippen LogP contribution is 2.24. The summed E-state index contributed by atoms with van der Waals surface area (Å²) in [4.78, 5) is 21.5. The number of carbonyl (C=O) groups is 1. The van der Waals surface area contributed by atoms with Gasteiger partial charge < -0.3 is 9.88 Å². The van der Waals surface area contributed by atoms with Crippen molar-refractivity contribution in [2.75, 3.05) is 5.32 Å². The van der Waals surface area contributed by atoms with Crippen molar-refractivity contribution in [2.24, 2.45) is 0 Å². The molecule has 1 amide bonds. The molecule has 2 aromatic heterocycles. The summed E-state index contributed by atoms with van der Waals surface area (Å²) in [5, 5.41) is 2.96. The minimum atomic E-state index is -0.0936. The maximum absolute atomic E-state index is 12.6. The normalized spacial score (nSPS) is 10.8. The Hall–Kier alpha value is -3.47. The number of rotatable bonds is 4. The Morgan fingerprint density at radius 1 is 1.08 bits per heavy atom. The van der Waals surface area contributed by atoms with Crippen molar-refractivity contribution in [1.82, 2.24) is 14.5 Å². The van der Waals surface area contributed by atoms with Crippen LogP contribution < -0.4 is 5.32 Å². The van der Waals surface area contributed by atoms with Crippen molar-refractivity contribution in [1.29, 1.82) is 0 Å². The van der Waals surface area contributed by atoms with Crippen LogP contribution in [-0.4, -0.2) is 20.4 Å². The maximum atomic E-state index is 12.6. The fraction of sp³-hybridized carbons (Fsp3) is 0.0952. The topological polar surface area (TPSA) is 59.8 Å². The molecule has 26 heavy (non-hydrogen) atoms. The molecule has 5 nitrogen and oxygen atoms in total. The first-order chi connectivity index (χ1) is 12.7. The highest BCUT2D eigenvalue weighted by atomic mass is 16.1. The molecule has 0 atom stereocenters. The van der Waals surface area contributed by atoms with E-state index in [-0.39, 0.29) is 12.5 Å². The van der Waals surface area contributed by atoms with Gasteiger partial charge in [-0.05, 0) is 48.9 Å². The number of carbonyl (C=O) groups excluding carboxylic acids is 1. The molecule has 0 fully saturated rings. The van der Waals surface area contributed by atoms with Crippen molar-refractivity contribution < 1.29 is 4.79 Å². The van der Waals surface area contributed by atoms with Gasteiger partial charge in [0.15, 0.2) is 0 Å². The van der Waals surface area contributed by atoms with Crippen molar-refractivity contribution in [3.63, 3.8) is 0 Å². The van der Waals surface area contributed by atoms with Crippen molar-refractivity contribution in [2.45, 2.75) is 13.5 Å². The summed E-state index contributed by atoms with van der Waals surface area (Å²) >= 11 is 0. The summed E-state index contributed by atoms with van der Waals surface area (Å²) < 4.78 is 1.93. The third-order valence-corrected chi connectivity index (χ3v) is 4.18. The van der Waals surface area contributed by atoms with Gasteiger partial charge in [-0.15, -0.1) is 0 Å². The molecule has 0 radical (unpaired) electrons. The van der Waals surface area contributed by atoms with E-state index in [2.05, 4.69) is 10.3 Å². The van der Waals surface area contributed by atoms with Crippen LogP contribution in [0.1, 0.15) is 5.56 Å². The van der Waals surface area contributed by atoms with Gasteiger partial charge in [-0.1, -0.05) is 24.3 Å². The van der Waals surface area contributed by atoms with Gasteiger partial charge in [0.1, 0.15) is 12.4 Å². The summed E-state index contributed by atoms with van der Waals surface area (Å²) in [5.74, 6) is 0.641. The number of benzene rings is 2. The fourth-order valence-corrected chi connectivity index (χ4v) is 3.02. The zero-order valence-corrected chi connectivity index (χ0v) is 14.4. The Balaban J connectivity index is 1.70. The van der Waals surface area contributed by atoms with Crippen molar-refractivity contribution in [3.05, 3.63) is 78.6 Å². The Kier molecular flexibility index (Phi) is 4.19. The summed E-state index contributed by atoms with van der Waals surface area (Å²) in [6.45, 7) is 2.18. The number of nitrogens with one attached hydrogen (secondary N) is 1. The van der Waals surface area contributed by atoms with E-state index in [9.17, 15) is 4.79 Å². The molecule has 2 aromatic carbocycles. The van der Waals surface area contributed by atoms with E-state index in [1.165, 1.54) is 0 Å². The van der Waals surface area contributed by atoms with Crippen molar-refractivity contribution in [3.8, 4) is 11.4 Å². The van der Waals surface area contributed by atoms with Crippen LogP contribution in [0, 0.1) is 6.92 Å². The first kappa shape index (κ1) is 16.0. The molecule has 0 aliphatic heterocycles. The van der Waals surface area contributed by atoms with Crippen LogP contribution >= 0.6 is 0 Å². The van der Waals surface area contributed by atoms with E-state index < -0.39 is 0 Å². The molecule has 0 saturated carbocycles. The van der Waals surface area contributed by atoms with Gasteiger partial charge in [0.25, 0.3) is 0 Å². The predicted octanol–water partition coefficient (Wildman–Crippen LogP) is 4.05. The van der Waals surface area contributed by atoms with Crippen LogP contribution in [0.25, 0.3) is 22.4 Å². The van der Waals surface area contributed by atoms with E-state index in [1.807, 2.05) is 72.2 Å². The lowest BCUT2D eigenvalue weighted by atomic mass is 10.2. The van der Waals surface area contributed by atoms with Crippen LogP contribution in [-0.2, 0) is 11.3 Å². The van der Waals surface area contributed by atoms with E-state index in [0.29, 0.717) is 0 Å². The van der Waals surface area contributed by atoms with E-state index >= 15 is 0 Å². The molecular formula is C21H18N4O. The zero-order chi connectivity index (χ0) is 17.9. The first-order valence-corrected chi connectivity index (χ1v) is 8.43. The average molecular weight is 342 g/mol. The number of pyridine rings is 1. The molecular weight excluding hydrogens is 324 g/mol. The van der Waals surface area contributed by atoms with Gasteiger partial charge in [-0.2, -0.15) is 0 Å². The number of para-hydroxylation sites is 2. The van der Waals surface area contributed by atoms with Gasteiger partial charge in [0.05, 0.1) is 11.0 Å². The number of fused-ring (bicyclic) bond motifs is 1. The molecule has 1 N–H and O–H groups in total. The van der Waals surface area contributed by atoms with Crippen LogP contribution in [0.4, 0.5) is 5.69 Å². The maximum Gasteiger partial charge on any atom is 0.244 e. The smallest absolute Gasteiger partial charge is 0.244 e. The molecule has 0 aliphatic rings. The number of aryl methyl sites for hydroxylation is 1. The third kappa shape index (κ3) is 3.19. The number of aromatic nitrogens is 3. The van der Waals surface area contributed by atoms with Gasteiger partial charge >= 0.3 is 0 Å². The van der Waals surface area contributed by atoms with E-state index in [1.54, 1.807) is 12.4 Å². The van der Waals surface area contributed by atoms with Crippen molar-refractivity contribution >= 4 is 22.6 Å². The van der Waals surface area contributed by atoms with E-state index in [4.69, 9.17) is 4.98 Å². The van der Waals surface area contributed by atoms with Gasteiger partial charge in [-0.3, -0.25) is 9.78 Å². The monoisotopic (exact) mass is 342 g/mol. The third-order valence-electron chi connectivity index (χ3n) is 4.18. The Bertz CT molecular complexity index is 1070. The molecule has 2 heterocycles. The predicted molar refractivity (Wildman–Crippen MR) is 103 cm³/mol. The van der Waals surface area contributed by atoms with Crippen LogP contribution in [0.3, 0.4) is 0 Å². The van der Waals surface area contributed by atoms with Gasteiger partial charge in [0.2, 0.25) is 5.91 Å². The minimum Gasteiger partial charge on any atom is -0.325 e. The largest absolute Gasteiger partial charge is 0.325 e. The highest BCUT2D eigenvalue weighted by Gasteiger charge is 2.15. The molecule has 0 unspecified atom stereocenters. The number of nitrogens with zero attached hydrogens (tertiary/aromatic N) is 3. The van der Waals surface area contributed by atoms with Crippen LogP contribution in [0.15, 0.2) is 73.1 Å². The summed E-state index contributed by atoms with van der Waals surface area (Å²) in [6, 6.07) is 19.4. The Morgan fingerprint density at radius 3 is 2.77 bits per heavy atom. The standard InChI is InChI=1S/C21H18N4O/c1-15-6-4-8-17(12-15)23-20(26)14-25-19-10-3-2-9-18(19)24-21(25)16-7-5-11-22-13-16/h2-13H,14H2,1H3,(H,23,26). The number of amides is 1. The van der Waals surface area contributed by atoms with Gasteiger partial charge in [0, 0.05) is 23.6 Å². The molecule has 0 saturated heterocycles. The second kappa shape index (κ2) is 6.80. The summed E-state index contributed by atoms with van der Waals surface area (Å²) in [6.07, 6.45) is 3.48. The summed E-state index contributed by atoms with van der Waals surface area (Å²) in [7, 11) is 0. The average Bonchev–Trinajstić information content (AvgIpc) is 3.01. The molecule has 4 rings (SSSR count). The molecule has 128 valence electrons. The number of anilines is 1. The highest BCUT2D eigenvalue weighted by molar-refractivity contribution is 5.92.